The molecule has 12 heteroatoms. The number of aliphatic hydroxyl groups is 2. The van der Waals surface area contributed by atoms with Gasteiger partial charge in [0.2, 0.25) is 0 Å². The zero-order valence-corrected chi connectivity index (χ0v) is 24.3. The third kappa shape index (κ3) is 4.86. The number of fused-ring (bicyclic) bond motifs is 2. The molecule has 6 heterocycles. The van der Waals surface area contributed by atoms with Crippen LogP contribution in [-0.2, 0) is 19.1 Å². The molecule has 2 aromatic carbocycles. The Hall–Kier alpha value is -3.84. The molecule has 0 radical (unpaired) electrons. The van der Waals surface area contributed by atoms with Crippen molar-refractivity contribution in [1.29, 1.82) is 0 Å². The Balaban J connectivity index is 1.05. The Labute approximate surface area is 253 Å². The molecule has 4 aromatic rings. The van der Waals surface area contributed by atoms with Crippen LogP contribution in [0.2, 0.25) is 0 Å². The minimum atomic E-state index is -0.603. The summed E-state index contributed by atoms with van der Waals surface area (Å²) in [5.41, 5.74) is 5.19. The maximum Gasteiger partial charge on any atom is 0.252 e. The lowest BCUT2D eigenvalue weighted by molar-refractivity contribution is -0.143. The van der Waals surface area contributed by atoms with Crippen LogP contribution in [0.5, 0.6) is 0 Å². The number of carbonyl (C=O) groups excluding carboxylic acids is 2. The van der Waals surface area contributed by atoms with Crippen LogP contribution in [0, 0.1) is 0 Å². The van der Waals surface area contributed by atoms with Crippen LogP contribution in [0.3, 0.4) is 0 Å². The molecule has 0 spiro atoms. The molecule has 230 valence electrons. The fourth-order valence-corrected chi connectivity index (χ4v) is 7.27. The quantitative estimate of drug-likeness (QED) is 0.272. The molecule has 8 rings (SSSR count). The number of likely N-dealkylation sites (tertiary alicyclic amines) is 2. The minimum absolute atomic E-state index is 0.0802. The topological polar surface area (TPSA) is 157 Å². The van der Waals surface area contributed by atoms with E-state index < -0.39 is 24.4 Å². The number of β-amino-alcohol motifs (C(OH)–C–C–N with tert-alkyl or cyclic N) is 2. The second kappa shape index (κ2) is 11.0. The van der Waals surface area contributed by atoms with Crippen molar-refractivity contribution in [2.45, 2.75) is 75.0 Å². The van der Waals surface area contributed by atoms with E-state index >= 15 is 0 Å². The molecule has 2 aromatic heterocycles. The van der Waals surface area contributed by atoms with E-state index in [0.717, 1.165) is 46.0 Å². The number of benzene rings is 2. The van der Waals surface area contributed by atoms with Gasteiger partial charge in [0, 0.05) is 39.1 Å². The first-order chi connectivity index (χ1) is 21.4. The highest BCUT2D eigenvalue weighted by atomic mass is 16.5. The van der Waals surface area contributed by atoms with Crippen molar-refractivity contribution in [2.75, 3.05) is 26.3 Å². The average molecular weight is 601 g/mol. The molecule has 44 heavy (non-hydrogen) atoms. The smallest absolute Gasteiger partial charge is 0.252 e. The fraction of sp³-hybridized carbons (Fsp3) is 0.500. The van der Waals surface area contributed by atoms with Crippen LogP contribution in [0.15, 0.2) is 36.4 Å². The van der Waals surface area contributed by atoms with E-state index in [1.807, 2.05) is 36.4 Å². The Morgan fingerprint density at radius 2 is 1.18 bits per heavy atom. The summed E-state index contributed by atoms with van der Waals surface area (Å²) < 4.78 is 11.3. The Morgan fingerprint density at radius 3 is 1.59 bits per heavy atom. The number of ether oxygens (including phenoxy) is 2. The summed E-state index contributed by atoms with van der Waals surface area (Å²) in [6.45, 7) is 1.73. The Kier molecular flexibility index (Phi) is 6.89. The second-order valence-corrected chi connectivity index (χ2v) is 12.5. The van der Waals surface area contributed by atoms with Crippen molar-refractivity contribution in [3.63, 3.8) is 0 Å². The number of carbonyl (C=O) groups is 2. The van der Waals surface area contributed by atoms with Gasteiger partial charge in [-0.05, 0) is 61.1 Å². The summed E-state index contributed by atoms with van der Waals surface area (Å²) in [5, 5.41) is 20.9. The first-order valence-corrected chi connectivity index (χ1v) is 15.6. The summed E-state index contributed by atoms with van der Waals surface area (Å²) in [7, 11) is 0. The number of hydrogen-bond donors (Lipinski definition) is 4. The van der Waals surface area contributed by atoms with Crippen LogP contribution in [-0.4, -0.2) is 102 Å². The summed E-state index contributed by atoms with van der Waals surface area (Å²) in [4.78, 5) is 46.2. The molecule has 0 bridgehead atoms. The van der Waals surface area contributed by atoms with E-state index in [2.05, 4.69) is 9.97 Å². The van der Waals surface area contributed by atoms with Gasteiger partial charge in [0.25, 0.3) is 11.8 Å². The number of aliphatic hydroxyl groups excluding tert-OH is 2. The van der Waals surface area contributed by atoms with Gasteiger partial charge in [0.15, 0.2) is 0 Å². The van der Waals surface area contributed by atoms with Crippen LogP contribution >= 0.6 is 0 Å². The molecule has 6 atom stereocenters. The molecular weight excluding hydrogens is 564 g/mol. The highest BCUT2D eigenvalue weighted by Crippen LogP contribution is 2.36. The van der Waals surface area contributed by atoms with Gasteiger partial charge in [-0.25, -0.2) is 9.97 Å². The number of aromatic amines is 2. The van der Waals surface area contributed by atoms with Crippen molar-refractivity contribution in [2.24, 2.45) is 0 Å². The largest absolute Gasteiger partial charge is 0.391 e. The molecule has 4 N–H and O–H groups in total. The molecule has 4 fully saturated rings. The first kappa shape index (κ1) is 27.7. The third-order valence-electron chi connectivity index (χ3n) is 9.50. The number of nitrogens with zero attached hydrogens (tertiary/aromatic N) is 4. The summed E-state index contributed by atoms with van der Waals surface area (Å²) in [6, 6.07) is 11.4. The normalized spacial score (nSPS) is 29.0. The lowest BCUT2D eigenvalue weighted by Crippen LogP contribution is -2.39. The van der Waals surface area contributed by atoms with Crippen molar-refractivity contribution >= 4 is 33.9 Å². The molecule has 12 nitrogen and oxygen atoms in total. The highest BCUT2D eigenvalue weighted by molar-refractivity contribution is 5.87. The summed E-state index contributed by atoms with van der Waals surface area (Å²) in [5.74, 6) is 1.16. The maximum absolute atomic E-state index is 13.2. The average Bonchev–Trinajstić information content (AvgIpc) is 3.86. The van der Waals surface area contributed by atoms with Gasteiger partial charge in [0.1, 0.15) is 23.9 Å². The van der Waals surface area contributed by atoms with Crippen LogP contribution in [0.1, 0.15) is 62.3 Å². The lowest BCUT2D eigenvalue weighted by atomic mass is 10.0. The van der Waals surface area contributed by atoms with Gasteiger partial charge in [-0.2, -0.15) is 0 Å². The van der Waals surface area contributed by atoms with Gasteiger partial charge in [-0.1, -0.05) is 12.1 Å². The van der Waals surface area contributed by atoms with E-state index in [1.165, 1.54) is 0 Å². The van der Waals surface area contributed by atoms with E-state index in [4.69, 9.17) is 19.4 Å². The van der Waals surface area contributed by atoms with E-state index in [-0.39, 0.29) is 37.0 Å². The van der Waals surface area contributed by atoms with Crippen molar-refractivity contribution < 1.29 is 29.3 Å². The predicted molar refractivity (Wildman–Crippen MR) is 159 cm³/mol. The van der Waals surface area contributed by atoms with E-state index in [0.29, 0.717) is 50.5 Å². The molecular formula is C32H36N6O6. The fourth-order valence-electron chi connectivity index (χ4n) is 7.27. The van der Waals surface area contributed by atoms with Crippen molar-refractivity contribution in [1.82, 2.24) is 29.7 Å². The Morgan fingerprint density at radius 1 is 0.727 bits per heavy atom. The van der Waals surface area contributed by atoms with E-state index in [9.17, 15) is 19.8 Å². The van der Waals surface area contributed by atoms with E-state index in [1.54, 1.807) is 9.80 Å². The van der Waals surface area contributed by atoms with Gasteiger partial charge >= 0.3 is 0 Å². The van der Waals surface area contributed by atoms with Crippen LogP contribution in [0.25, 0.3) is 33.2 Å². The van der Waals surface area contributed by atoms with Crippen LogP contribution < -0.4 is 0 Å². The number of amides is 2. The van der Waals surface area contributed by atoms with Gasteiger partial charge < -0.3 is 39.5 Å². The zero-order valence-electron chi connectivity index (χ0n) is 24.3. The van der Waals surface area contributed by atoms with Crippen molar-refractivity contribution in [3.05, 3.63) is 48.0 Å². The number of aromatic nitrogens is 4. The monoisotopic (exact) mass is 600 g/mol. The van der Waals surface area contributed by atoms with Gasteiger partial charge in [-0.15, -0.1) is 0 Å². The van der Waals surface area contributed by atoms with Gasteiger partial charge in [-0.3, -0.25) is 9.59 Å². The molecule has 4 saturated heterocycles. The Bertz CT molecular complexity index is 1600. The number of H-pyrrole nitrogens is 2. The molecule has 0 aliphatic carbocycles. The first-order valence-electron chi connectivity index (χ1n) is 15.6. The standard InChI is InChI=1S/C32H36N6O6/c39-19-13-25(37(15-19)31(41)27-3-1-9-43-27)29-33-21-7-5-17(11-23(21)35-29)18-6-8-22-24(12-18)36-30(34-22)26-14-20(40)16-38(26)32(42)28-4-2-10-44-28/h5-8,11-12,19-20,25-28,39-40H,1-4,9-10,13-16H2,(H,33,35)(H,34,36)/t19-,20-,25+,26+,27-,28-/m1/s1. The molecule has 2 amide bonds. The number of rotatable bonds is 5. The maximum atomic E-state index is 13.2. The molecule has 4 aliphatic rings. The number of nitrogens with one attached hydrogen (secondary N) is 2. The zero-order chi connectivity index (χ0) is 29.9. The van der Waals surface area contributed by atoms with Gasteiger partial charge in [0.05, 0.1) is 46.4 Å². The molecule has 4 aliphatic heterocycles. The van der Waals surface area contributed by atoms with Crippen molar-refractivity contribution in [3.8, 4) is 11.1 Å². The SMILES string of the molecule is O=C([C@H]1CCCO1)N1C[C@H](O)C[C@H]1c1nc2cc(-c3ccc4[nH]c([C@@H]5C[C@@H](O)CN5C(=O)[C@H]5CCCO5)nc4c3)ccc2[nH]1. The highest BCUT2D eigenvalue weighted by Gasteiger charge is 2.42. The van der Waals surface area contributed by atoms with Crippen LogP contribution in [0.4, 0.5) is 0 Å². The molecule has 0 saturated carbocycles. The molecule has 0 unspecified atom stereocenters. The summed E-state index contributed by atoms with van der Waals surface area (Å²) in [6.07, 6.45) is 1.91. The predicted octanol–water partition coefficient (Wildman–Crippen LogP) is 2.73. The lowest BCUT2D eigenvalue weighted by Gasteiger charge is -2.25. The number of hydrogen-bond acceptors (Lipinski definition) is 8. The third-order valence-corrected chi connectivity index (χ3v) is 9.50. The number of imidazole rings is 2. The second-order valence-electron chi connectivity index (χ2n) is 12.5. The summed E-state index contributed by atoms with van der Waals surface area (Å²) >= 11 is 0. The minimum Gasteiger partial charge on any atom is -0.391 e.